The Balaban J connectivity index is 1.47. The van der Waals surface area contributed by atoms with Gasteiger partial charge in [-0.05, 0) is 83.1 Å². The third-order valence-corrected chi connectivity index (χ3v) is 9.40. The lowest BCUT2D eigenvalue weighted by molar-refractivity contribution is -0.117. The molecule has 0 atom stereocenters. The second-order valence-electron chi connectivity index (χ2n) is 11.4. The highest BCUT2D eigenvalue weighted by Crippen LogP contribution is 2.33. The maximum Gasteiger partial charge on any atom is 0.237 e. The average molecular weight is 549 g/mol. The first-order chi connectivity index (χ1) is 18.5. The zero-order valence-corrected chi connectivity index (χ0v) is 23.7. The zero-order valence-electron chi connectivity index (χ0n) is 22.9. The monoisotopic (exact) mass is 548 g/mol. The topological polar surface area (TPSA) is 116 Å². The molecular formula is C29H36N6O3S. The highest BCUT2D eigenvalue weighted by Gasteiger charge is 2.29. The fourth-order valence-corrected chi connectivity index (χ4v) is 5.63. The summed E-state index contributed by atoms with van der Waals surface area (Å²) in [7, 11) is -1.44. The van der Waals surface area contributed by atoms with Crippen molar-refractivity contribution in [2.45, 2.75) is 57.2 Å². The number of aromatic nitrogens is 2. The van der Waals surface area contributed by atoms with Crippen molar-refractivity contribution in [1.82, 2.24) is 14.9 Å². The SMILES string of the molecule is CN1CCC(Nc2nc(Nc3cccc(NS(=O)(=O)C(C)(C)C)c3)cc(-c3cccc4c3CC(=O)C4)n2)CC1. The number of hydrogen-bond donors (Lipinski definition) is 3. The first-order valence-corrected chi connectivity index (χ1v) is 14.8. The molecule has 1 fully saturated rings. The minimum absolute atomic E-state index is 0.212. The van der Waals surface area contributed by atoms with Gasteiger partial charge in [0.15, 0.2) is 0 Å². The molecule has 0 amide bonds. The average Bonchev–Trinajstić information content (AvgIpc) is 3.25. The Morgan fingerprint density at radius 1 is 0.949 bits per heavy atom. The molecule has 2 aromatic carbocycles. The fourth-order valence-electron chi connectivity index (χ4n) is 4.89. The maximum atomic E-state index is 12.7. The summed E-state index contributed by atoms with van der Waals surface area (Å²) in [6, 6.07) is 15.2. The van der Waals surface area contributed by atoms with Crippen molar-refractivity contribution >= 4 is 38.9 Å². The van der Waals surface area contributed by atoms with Crippen molar-refractivity contribution in [3.63, 3.8) is 0 Å². The van der Waals surface area contributed by atoms with Gasteiger partial charge in [0.25, 0.3) is 0 Å². The van der Waals surface area contributed by atoms with Crippen molar-refractivity contribution in [2.24, 2.45) is 0 Å². The van der Waals surface area contributed by atoms with Crippen LogP contribution in [-0.2, 0) is 27.7 Å². The van der Waals surface area contributed by atoms with Gasteiger partial charge in [-0.2, -0.15) is 4.98 Å². The van der Waals surface area contributed by atoms with E-state index in [2.05, 4.69) is 27.3 Å². The molecule has 206 valence electrons. The fraction of sp³-hybridized carbons (Fsp3) is 0.414. The second kappa shape index (κ2) is 10.6. The van der Waals surface area contributed by atoms with E-state index < -0.39 is 14.8 Å². The minimum Gasteiger partial charge on any atom is -0.351 e. The number of nitrogens with zero attached hydrogens (tertiary/aromatic N) is 3. The van der Waals surface area contributed by atoms with E-state index in [-0.39, 0.29) is 11.8 Å². The van der Waals surface area contributed by atoms with Crippen LogP contribution in [0.15, 0.2) is 48.5 Å². The number of rotatable bonds is 7. The molecule has 1 aliphatic heterocycles. The van der Waals surface area contributed by atoms with Gasteiger partial charge >= 0.3 is 0 Å². The number of hydrogen-bond acceptors (Lipinski definition) is 8. The van der Waals surface area contributed by atoms with Gasteiger partial charge in [0.2, 0.25) is 16.0 Å². The van der Waals surface area contributed by atoms with Gasteiger partial charge in [-0.1, -0.05) is 24.3 Å². The van der Waals surface area contributed by atoms with Crippen LogP contribution in [-0.4, -0.2) is 60.0 Å². The largest absolute Gasteiger partial charge is 0.351 e. The summed E-state index contributed by atoms with van der Waals surface area (Å²) in [6.07, 6.45) is 2.86. The summed E-state index contributed by atoms with van der Waals surface area (Å²) < 4.78 is 27.1. The van der Waals surface area contributed by atoms with E-state index in [1.54, 1.807) is 39.0 Å². The first-order valence-electron chi connectivity index (χ1n) is 13.3. The van der Waals surface area contributed by atoms with E-state index in [0.717, 1.165) is 48.3 Å². The van der Waals surface area contributed by atoms with E-state index in [1.165, 1.54) is 0 Å². The molecule has 0 bridgehead atoms. The number of carbonyl (C=O) groups is 1. The van der Waals surface area contributed by atoms with Gasteiger partial charge in [0.05, 0.1) is 16.1 Å². The van der Waals surface area contributed by atoms with Crippen LogP contribution in [0.3, 0.4) is 0 Å². The van der Waals surface area contributed by atoms with Crippen LogP contribution in [0.1, 0.15) is 44.7 Å². The third-order valence-electron chi connectivity index (χ3n) is 7.28. The van der Waals surface area contributed by atoms with Crippen LogP contribution in [0.5, 0.6) is 0 Å². The molecular weight excluding hydrogens is 512 g/mol. The van der Waals surface area contributed by atoms with Gasteiger partial charge in [-0.3, -0.25) is 9.52 Å². The summed E-state index contributed by atoms with van der Waals surface area (Å²) in [4.78, 5) is 24.2. The lowest BCUT2D eigenvalue weighted by Gasteiger charge is -2.29. The van der Waals surface area contributed by atoms with Crippen molar-refractivity contribution in [2.75, 3.05) is 35.5 Å². The van der Waals surface area contributed by atoms with Gasteiger partial charge in [-0.15, -0.1) is 0 Å². The molecule has 3 aromatic rings. The summed E-state index contributed by atoms with van der Waals surface area (Å²) in [5, 5.41) is 6.86. The lowest BCUT2D eigenvalue weighted by atomic mass is 10.0. The number of Topliss-reactive ketones (excluding diaryl/α,β-unsaturated/α-hetero) is 1. The van der Waals surface area contributed by atoms with Crippen molar-refractivity contribution in [1.29, 1.82) is 0 Å². The number of anilines is 4. The number of benzene rings is 2. The molecule has 1 saturated heterocycles. The van der Waals surface area contributed by atoms with Gasteiger partial charge in [-0.25, -0.2) is 13.4 Å². The molecule has 1 aliphatic carbocycles. The van der Waals surface area contributed by atoms with Gasteiger partial charge in [0.1, 0.15) is 11.6 Å². The predicted octanol–water partition coefficient (Wildman–Crippen LogP) is 4.60. The van der Waals surface area contributed by atoms with E-state index in [0.29, 0.717) is 36.0 Å². The van der Waals surface area contributed by atoms with Crippen LogP contribution >= 0.6 is 0 Å². The van der Waals surface area contributed by atoms with E-state index in [9.17, 15) is 13.2 Å². The Labute approximate surface area is 230 Å². The summed E-state index contributed by atoms with van der Waals surface area (Å²) >= 11 is 0. The van der Waals surface area contributed by atoms with Gasteiger partial charge in [0, 0.05) is 36.2 Å². The number of nitrogens with one attached hydrogen (secondary N) is 3. The standard InChI is InChI=1S/C29H36N6O3S/c1-29(2,3)39(37,38)34-22-9-6-8-21(16-22)30-27-18-26(24-10-5-7-19-15-23(36)17-25(19)24)32-28(33-27)31-20-11-13-35(4)14-12-20/h5-10,16,18,20,34H,11-15,17H2,1-4H3,(H2,30,31,32,33). The Bertz CT molecular complexity index is 1490. The molecule has 39 heavy (non-hydrogen) atoms. The first kappa shape index (κ1) is 27.1. The normalized spacial score (nSPS) is 16.7. The smallest absolute Gasteiger partial charge is 0.237 e. The lowest BCUT2D eigenvalue weighted by Crippen LogP contribution is -2.37. The van der Waals surface area contributed by atoms with Crippen LogP contribution in [0.25, 0.3) is 11.3 Å². The van der Waals surface area contributed by atoms with Crippen molar-refractivity contribution in [3.05, 3.63) is 59.7 Å². The molecule has 0 saturated carbocycles. The molecule has 1 aromatic heterocycles. The Hall–Kier alpha value is -3.50. The van der Waals surface area contributed by atoms with Crippen LogP contribution in [0.4, 0.5) is 23.1 Å². The highest BCUT2D eigenvalue weighted by molar-refractivity contribution is 7.94. The quantitative estimate of drug-likeness (QED) is 0.392. The number of carbonyl (C=O) groups excluding carboxylic acids is 1. The molecule has 2 aliphatic rings. The molecule has 3 N–H and O–H groups in total. The highest BCUT2D eigenvalue weighted by atomic mass is 32.2. The molecule has 10 heteroatoms. The van der Waals surface area contributed by atoms with E-state index in [4.69, 9.17) is 9.97 Å². The van der Waals surface area contributed by atoms with Crippen LogP contribution in [0.2, 0.25) is 0 Å². The zero-order chi connectivity index (χ0) is 27.8. The van der Waals surface area contributed by atoms with Crippen molar-refractivity contribution < 1.29 is 13.2 Å². The van der Waals surface area contributed by atoms with E-state index in [1.807, 2.05) is 30.3 Å². The number of ketones is 1. The number of fused-ring (bicyclic) bond motifs is 1. The third kappa shape index (κ3) is 6.23. The molecule has 5 rings (SSSR count). The Morgan fingerprint density at radius 3 is 2.41 bits per heavy atom. The molecule has 0 spiro atoms. The summed E-state index contributed by atoms with van der Waals surface area (Å²) in [6.45, 7) is 6.99. The number of piperidine rings is 1. The summed E-state index contributed by atoms with van der Waals surface area (Å²) in [5.41, 5.74) is 4.90. The molecule has 2 heterocycles. The second-order valence-corrected chi connectivity index (χ2v) is 13.9. The van der Waals surface area contributed by atoms with Crippen LogP contribution < -0.4 is 15.4 Å². The maximum absolute atomic E-state index is 12.7. The Kier molecular flexibility index (Phi) is 7.35. The predicted molar refractivity (Wildman–Crippen MR) is 156 cm³/mol. The van der Waals surface area contributed by atoms with Crippen LogP contribution in [0, 0.1) is 0 Å². The molecule has 0 radical (unpaired) electrons. The number of likely N-dealkylation sites (tertiary alicyclic amines) is 1. The number of sulfonamides is 1. The Morgan fingerprint density at radius 2 is 1.67 bits per heavy atom. The van der Waals surface area contributed by atoms with E-state index >= 15 is 0 Å². The molecule has 0 unspecified atom stereocenters. The van der Waals surface area contributed by atoms with Gasteiger partial charge < -0.3 is 15.5 Å². The molecule has 9 nitrogen and oxygen atoms in total. The minimum atomic E-state index is -3.56. The summed E-state index contributed by atoms with van der Waals surface area (Å²) in [5.74, 6) is 1.31. The van der Waals surface area contributed by atoms with Crippen molar-refractivity contribution in [3.8, 4) is 11.3 Å².